The van der Waals surface area contributed by atoms with Crippen LogP contribution < -0.4 is 14.8 Å². The standard InChI is InChI=1S/C15H21NO2/c1-17-14-8-9-15(18-2)12(11-14)5-3-4-10-16-13-6-7-13/h3,5,8-9,11,13,16H,4,6-7,10H2,1-2H3. The van der Waals surface area contributed by atoms with Crippen LogP contribution in [0.25, 0.3) is 6.08 Å². The molecule has 0 aromatic heterocycles. The van der Waals surface area contributed by atoms with Crippen molar-refractivity contribution in [3.05, 3.63) is 29.8 Å². The normalized spacial score (nSPS) is 15.0. The minimum Gasteiger partial charge on any atom is -0.497 e. The molecular formula is C15H21NO2. The summed E-state index contributed by atoms with van der Waals surface area (Å²) in [5, 5.41) is 3.49. The van der Waals surface area contributed by atoms with Crippen molar-refractivity contribution in [3.63, 3.8) is 0 Å². The number of hydrogen-bond acceptors (Lipinski definition) is 3. The average Bonchev–Trinajstić information content (AvgIpc) is 3.22. The maximum absolute atomic E-state index is 5.33. The van der Waals surface area contributed by atoms with Gasteiger partial charge in [0.25, 0.3) is 0 Å². The molecule has 3 heteroatoms. The summed E-state index contributed by atoms with van der Waals surface area (Å²) in [5.41, 5.74) is 1.06. The Morgan fingerprint density at radius 3 is 2.78 bits per heavy atom. The van der Waals surface area contributed by atoms with Crippen LogP contribution in [0.3, 0.4) is 0 Å². The number of nitrogens with one attached hydrogen (secondary N) is 1. The first-order valence-electron chi connectivity index (χ1n) is 6.45. The van der Waals surface area contributed by atoms with E-state index < -0.39 is 0 Å². The van der Waals surface area contributed by atoms with Gasteiger partial charge in [-0.05, 0) is 44.0 Å². The molecule has 0 amide bonds. The molecule has 0 unspecified atom stereocenters. The molecule has 0 heterocycles. The first-order valence-corrected chi connectivity index (χ1v) is 6.45. The quantitative estimate of drug-likeness (QED) is 0.752. The lowest BCUT2D eigenvalue weighted by Gasteiger charge is -2.07. The Morgan fingerprint density at radius 2 is 2.11 bits per heavy atom. The minimum absolute atomic E-state index is 0.782. The molecule has 1 N–H and O–H groups in total. The van der Waals surface area contributed by atoms with Gasteiger partial charge in [-0.2, -0.15) is 0 Å². The van der Waals surface area contributed by atoms with E-state index >= 15 is 0 Å². The maximum atomic E-state index is 5.33. The number of hydrogen-bond donors (Lipinski definition) is 1. The molecule has 1 fully saturated rings. The van der Waals surface area contributed by atoms with Gasteiger partial charge in [-0.25, -0.2) is 0 Å². The zero-order chi connectivity index (χ0) is 12.8. The van der Waals surface area contributed by atoms with Gasteiger partial charge in [-0.1, -0.05) is 12.2 Å². The molecule has 1 aromatic rings. The Balaban J connectivity index is 1.90. The molecule has 1 aliphatic carbocycles. The van der Waals surface area contributed by atoms with E-state index in [4.69, 9.17) is 9.47 Å². The lowest BCUT2D eigenvalue weighted by atomic mass is 10.1. The van der Waals surface area contributed by atoms with Gasteiger partial charge in [-0.15, -0.1) is 0 Å². The van der Waals surface area contributed by atoms with Gasteiger partial charge >= 0.3 is 0 Å². The van der Waals surface area contributed by atoms with Gasteiger partial charge in [0.05, 0.1) is 14.2 Å². The van der Waals surface area contributed by atoms with Crippen molar-refractivity contribution in [1.82, 2.24) is 5.32 Å². The number of rotatable bonds is 7. The van der Waals surface area contributed by atoms with Crippen molar-refractivity contribution >= 4 is 6.08 Å². The van der Waals surface area contributed by atoms with Crippen LogP contribution in [-0.4, -0.2) is 26.8 Å². The summed E-state index contributed by atoms with van der Waals surface area (Å²) >= 11 is 0. The van der Waals surface area contributed by atoms with Crippen LogP contribution in [0.4, 0.5) is 0 Å². The van der Waals surface area contributed by atoms with Crippen LogP contribution in [0.2, 0.25) is 0 Å². The molecule has 0 spiro atoms. The van der Waals surface area contributed by atoms with Crippen LogP contribution in [0.1, 0.15) is 24.8 Å². The Kier molecular flexibility index (Phi) is 4.65. The van der Waals surface area contributed by atoms with E-state index in [1.807, 2.05) is 18.2 Å². The summed E-state index contributed by atoms with van der Waals surface area (Å²) in [6.45, 7) is 1.05. The van der Waals surface area contributed by atoms with E-state index in [9.17, 15) is 0 Å². The van der Waals surface area contributed by atoms with E-state index in [0.29, 0.717) is 0 Å². The van der Waals surface area contributed by atoms with Crippen molar-refractivity contribution in [2.24, 2.45) is 0 Å². The molecule has 0 atom stereocenters. The largest absolute Gasteiger partial charge is 0.497 e. The molecule has 1 saturated carbocycles. The van der Waals surface area contributed by atoms with Crippen molar-refractivity contribution in [3.8, 4) is 11.5 Å². The Morgan fingerprint density at radius 1 is 1.28 bits per heavy atom. The summed E-state index contributed by atoms with van der Waals surface area (Å²) in [4.78, 5) is 0. The van der Waals surface area contributed by atoms with Gasteiger partial charge in [0, 0.05) is 11.6 Å². The average molecular weight is 247 g/mol. The summed E-state index contributed by atoms with van der Waals surface area (Å²) in [7, 11) is 3.36. The fourth-order valence-corrected chi connectivity index (χ4v) is 1.84. The lowest BCUT2D eigenvalue weighted by Crippen LogP contribution is -2.16. The van der Waals surface area contributed by atoms with E-state index in [-0.39, 0.29) is 0 Å². The molecule has 3 nitrogen and oxygen atoms in total. The predicted octanol–water partition coefficient (Wildman–Crippen LogP) is 2.86. The molecule has 1 aliphatic rings. The van der Waals surface area contributed by atoms with Crippen LogP contribution in [0.5, 0.6) is 11.5 Å². The molecule has 2 rings (SSSR count). The van der Waals surface area contributed by atoms with Gasteiger partial charge in [-0.3, -0.25) is 0 Å². The minimum atomic E-state index is 0.782. The molecule has 0 bridgehead atoms. The molecule has 98 valence electrons. The van der Waals surface area contributed by atoms with Gasteiger partial charge < -0.3 is 14.8 Å². The second-order valence-electron chi connectivity index (χ2n) is 4.53. The fraction of sp³-hybridized carbons (Fsp3) is 0.467. The second kappa shape index (κ2) is 6.45. The summed E-state index contributed by atoms with van der Waals surface area (Å²) in [6, 6.07) is 6.61. The summed E-state index contributed by atoms with van der Waals surface area (Å²) < 4.78 is 10.5. The Hall–Kier alpha value is -1.48. The third-order valence-electron chi connectivity index (χ3n) is 3.06. The maximum Gasteiger partial charge on any atom is 0.126 e. The van der Waals surface area contributed by atoms with Crippen LogP contribution in [0.15, 0.2) is 24.3 Å². The predicted molar refractivity (Wildman–Crippen MR) is 74.2 cm³/mol. The Labute approximate surface area is 109 Å². The zero-order valence-electron chi connectivity index (χ0n) is 11.1. The second-order valence-corrected chi connectivity index (χ2v) is 4.53. The van der Waals surface area contributed by atoms with Crippen molar-refractivity contribution < 1.29 is 9.47 Å². The van der Waals surface area contributed by atoms with Crippen LogP contribution in [-0.2, 0) is 0 Å². The van der Waals surface area contributed by atoms with E-state index in [1.54, 1.807) is 14.2 Å². The SMILES string of the molecule is COc1ccc(OC)c(C=CCCNC2CC2)c1. The topological polar surface area (TPSA) is 30.5 Å². The van der Waals surface area contributed by atoms with Crippen LogP contribution >= 0.6 is 0 Å². The third kappa shape index (κ3) is 3.77. The van der Waals surface area contributed by atoms with Crippen molar-refractivity contribution in [1.29, 1.82) is 0 Å². The van der Waals surface area contributed by atoms with Crippen LogP contribution in [0, 0.1) is 0 Å². The summed E-state index contributed by atoms with van der Waals surface area (Å²) in [6.07, 6.45) is 7.99. The Bertz CT molecular complexity index is 411. The van der Waals surface area contributed by atoms with Gasteiger partial charge in [0.15, 0.2) is 0 Å². The molecular weight excluding hydrogens is 226 g/mol. The number of methoxy groups -OCH3 is 2. The highest BCUT2D eigenvalue weighted by Crippen LogP contribution is 2.25. The zero-order valence-corrected chi connectivity index (χ0v) is 11.1. The first kappa shape index (κ1) is 13.0. The van der Waals surface area contributed by atoms with Gasteiger partial charge in [0.2, 0.25) is 0 Å². The molecule has 0 saturated heterocycles. The van der Waals surface area contributed by atoms with Crippen molar-refractivity contribution in [2.75, 3.05) is 20.8 Å². The third-order valence-corrected chi connectivity index (χ3v) is 3.06. The highest BCUT2D eigenvalue weighted by atomic mass is 16.5. The first-order chi connectivity index (χ1) is 8.83. The molecule has 18 heavy (non-hydrogen) atoms. The molecule has 1 aromatic carbocycles. The van der Waals surface area contributed by atoms with E-state index in [2.05, 4.69) is 17.5 Å². The number of ether oxygens (including phenoxy) is 2. The molecule has 0 aliphatic heterocycles. The van der Waals surface area contributed by atoms with E-state index in [0.717, 1.165) is 36.1 Å². The summed E-state index contributed by atoms with van der Waals surface area (Å²) in [5.74, 6) is 1.73. The lowest BCUT2D eigenvalue weighted by molar-refractivity contribution is 0.402. The number of benzene rings is 1. The monoisotopic (exact) mass is 247 g/mol. The fourth-order valence-electron chi connectivity index (χ4n) is 1.84. The smallest absolute Gasteiger partial charge is 0.126 e. The van der Waals surface area contributed by atoms with Gasteiger partial charge in [0.1, 0.15) is 11.5 Å². The molecule has 0 radical (unpaired) electrons. The highest BCUT2D eigenvalue weighted by molar-refractivity contribution is 5.59. The highest BCUT2D eigenvalue weighted by Gasteiger charge is 2.19. The van der Waals surface area contributed by atoms with Crippen molar-refractivity contribution in [2.45, 2.75) is 25.3 Å². The van der Waals surface area contributed by atoms with E-state index in [1.165, 1.54) is 12.8 Å².